The molecule has 0 amide bonds. The number of hydrogen-bond acceptors (Lipinski definition) is 1. The van der Waals surface area contributed by atoms with Gasteiger partial charge in [0.1, 0.15) is 0 Å². The Morgan fingerprint density at radius 3 is 2.57 bits per heavy atom. The molecular weight excluding hydrogens is 170 g/mol. The molecule has 0 aromatic heterocycles. The van der Waals surface area contributed by atoms with Gasteiger partial charge in [-0.15, -0.1) is 11.8 Å². The van der Waals surface area contributed by atoms with Crippen LogP contribution in [-0.4, -0.2) is 24.5 Å². The van der Waals surface area contributed by atoms with Crippen molar-refractivity contribution in [3.63, 3.8) is 0 Å². The summed E-state index contributed by atoms with van der Waals surface area (Å²) in [6, 6.07) is 0. The zero-order chi connectivity index (χ0) is 10.4. The van der Waals surface area contributed by atoms with Crippen molar-refractivity contribution in [1.29, 1.82) is 0 Å². The SMILES string of the molecule is CCC#CCCCN1CC(C(C)C)C1. The number of likely N-dealkylation sites (tertiary alicyclic amines) is 1. The maximum absolute atomic E-state index is 3.20. The van der Waals surface area contributed by atoms with Crippen LogP contribution in [0.1, 0.15) is 40.0 Å². The summed E-state index contributed by atoms with van der Waals surface area (Å²) < 4.78 is 0. The third-order valence-electron chi connectivity index (χ3n) is 3.01. The van der Waals surface area contributed by atoms with Crippen molar-refractivity contribution < 1.29 is 0 Å². The van der Waals surface area contributed by atoms with Gasteiger partial charge in [-0.1, -0.05) is 20.8 Å². The lowest BCUT2D eigenvalue weighted by Crippen LogP contribution is -2.49. The van der Waals surface area contributed by atoms with Gasteiger partial charge in [-0.3, -0.25) is 0 Å². The lowest BCUT2D eigenvalue weighted by molar-refractivity contribution is 0.0681. The normalized spacial score (nSPS) is 17.7. The van der Waals surface area contributed by atoms with Crippen LogP contribution >= 0.6 is 0 Å². The minimum atomic E-state index is 0.867. The highest BCUT2D eigenvalue weighted by molar-refractivity contribution is 4.97. The molecule has 0 aromatic rings. The first-order valence-corrected chi connectivity index (χ1v) is 5.92. The van der Waals surface area contributed by atoms with Crippen LogP contribution in [0, 0.1) is 23.7 Å². The number of hydrogen-bond donors (Lipinski definition) is 0. The lowest BCUT2D eigenvalue weighted by Gasteiger charge is -2.41. The van der Waals surface area contributed by atoms with Crippen molar-refractivity contribution in [2.45, 2.75) is 40.0 Å². The van der Waals surface area contributed by atoms with Gasteiger partial charge in [-0.25, -0.2) is 0 Å². The van der Waals surface area contributed by atoms with E-state index in [0.29, 0.717) is 0 Å². The van der Waals surface area contributed by atoms with E-state index in [1.165, 1.54) is 26.1 Å². The molecule has 1 heterocycles. The van der Waals surface area contributed by atoms with Gasteiger partial charge in [-0.2, -0.15) is 0 Å². The van der Waals surface area contributed by atoms with Gasteiger partial charge in [0.2, 0.25) is 0 Å². The van der Waals surface area contributed by atoms with Crippen LogP contribution in [-0.2, 0) is 0 Å². The number of unbranched alkanes of at least 4 members (excludes halogenated alkanes) is 1. The van der Waals surface area contributed by atoms with Gasteiger partial charge in [-0.05, 0) is 24.8 Å². The van der Waals surface area contributed by atoms with Crippen LogP contribution in [0.25, 0.3) is 0 Å². The summed E-state index contributed by atoms with van der Waals surface area (Å²) in [7, 11) is 0. The van der Waals surface area contributed by atoms with Gasteiger partial charge in [0.25, 0.3) is 0 Å². The summed E-state index contributed by atoms with van der Waals surface area (Å²) in [5.41, 5.74) is 0. The molecule has 80 valence electrons. The first kappa shape index (κ1) is 11.6. The van der Waals surface area contributed by atoms with Gasteiger partial charge >= 0.3 is 0 Å². The second-order valence-electron chi connectivity index (χ2n) is 4.57. The first-order valence-electron chi connectivity index (χ1n) is 5.92. The summed E-state index contributed by atoms with van der Waals surface area (Å²) in [6.07, 6.45) is 3.33. The molecule has 0 bridgehead atoms. The minimum absolute atomic E-state index is 0.867. The van der Waals surface area contributed by atoms with Gasteiger partial charge in [0.05, 0.1) is 0 Å². The van der Waals surface area contributed by atoms with Crippen molar-refractivity contribution in [3.05, 3.63) is 0 Å². The highest BCUT2D eigenvalue weighted by atomic mass is 15.2. The molecule has 1 nitrogen and oxygen atoms in total. The quantitative estimate of drug-likeness (QED) is 0.490. The monoisotopic (exact) mass is 193 g/mol. The molecule has 0 spiro atoms. The average molecular weight is 193 g/mol. The maximum Gasteiger partial charge on any atom is 0.0101 e. The third-order valence-corrected chi connectivity index (χ3v) is 3.01. The summed E-state index contributed by atoms with van der Waals surface area (Å²) in [4.78, 5) is 2.55. The van der Waals surface area contributed by atoms with E-state index in [0.717, 1.165) is 24.7 Å². The number of nitrogens with zero attached hydrogens (tertiary/aromatic N) is 1. The Labute approximate surface area is 88.9 Å². The van der Waals surface area contributed by atoms with E-state index in [1.54, 1.807) is 0 Å². The van der Waals surface area contributed by atoms with E-state index < -0.39 is 0 Å². The molecule has 0 unspecified atom stereocenters. The smallest absolute Gasteiger partial charge is 0.0101 e. The van der Waals surface area contributed by atoms with Crippen molar-refractivity contribution in [2.24, 2.45) is 11.8 Å². The highest BCUT2D eigenvalue weighted by Gasteiger charge is 2.27. The van der Waals surface area contributed by atoms with Gasteiger partial charge in [0, 0.05) is 25.9 Å². The standard InChI is InChI=1S/C13H23N/c1-4-5-6-7-8-9-14-10-13(11-14)12(2)3/h12-13H,4,7-11H2,1-3H3. The molecule has 1 aliphatic heterocycles. The maximum atomic E-state index is 3.20. The average Bonchev–Trinajstić information content (AvgIpc) is 2.06. The minimum Gasteiger partial charge on any atom is -0.303 e. The molecule has 1 saturated heterocycles. The van der Waals surface area contributed by atoms with Crippen LogP contribution in [0.15, 0.2) is 0 Å². The van der Waals surface area contributed by atoms with Crippen LogP contribution in [0.4, 0.5) is 0 Å². The fourth-order valence-electron chi connectivity index (χ4n) is 1.82. The van der Waals surface area contributed by atoms with Crippen molar-refractivity contribution in [2.75, 3.05) is 19.6 Å². The Balaban J connectivity index is 1.96. The molecule has 0 aliphatic carbocycles. The molecule has 1 rings (SSSR count). The summed E-state index contributed by atoms with van der Waals surface area (Å²) in [5, 5.41) is 0. The zero-order valence-corrected chi connectivity index (χ0v) is 9.84. The number of rotatable bonds is 4. The Morgan fingerprint density at radius 1 is 1.29 bits per heavy atom. The van der Waals surface area contributed by atoms with E-state index in [9.17, 15) is 0 Å². The Kier molecular flexibility index (Phi) is 5.04. The predicted molar refractivity (Wildman–Crippen MR) is 62.1 cm³/mol. The second kappa shape index (κ2) is 6.09. The summed E-state index contributed by atoms with van der Waals surface area (Å²) in [5.74, 6) is 8.13. The van der Waals surface area contributed by atoms with E-state index in [2.05, 4.69) is 37.5 Å². The van der Waals surface area contributed by atoms with Crippen LogP contribution in [0.3, 0.4) is 0 Å². The Morgan fingerprint density at radius 2 is 2.00 bits per heavy atom. The fraction of sp³-hybridized carbons (Fsp3) is 0.846. The molecule has 0 aromatic carbocycles. The van der Waals surface area contributed by atoms with Crippen LogP contribution in [0.2, 0.25) is 0 Å². The molecule has 0 atom stereocenters. The molecule has 0 saturated carbocycles. The molecule has 0 N–H and O–H groups in total. The van der Waals surface area contributed by atoms with E-state index in [-0.39, 0.29) is 0 Å². The molecule has 1 fully saturated rings. The van der Waals surface area contributed by atoms with Crippen molar-refractivity contribution >= 4 is 0 Å². The fourth-order valence-corrected chi connectivity index (χ4v) is 1.82. The van der Waals surface area contributed by atoms with Crippen molar-refractivity contribution in [3.8, 4) is 11.8 Å². The van der Waals surface area contributed by atoms with Gasteiger partial charge in [0.15, 0.2) is 0 Å². The van der Waals surface area contributed by atoms with E-state index >= 15 is 0 Å². The van der Waals surface area contributed by atoms with E-state index in [4.69, 9.17) is 0 Å². The Bertz CT molecular complexity index is 203. The summed E-state index contributed by atoms with van der Waals surface area (Å²) in [6.45, 7) is 10.7. The predicted octanol–water partition coefficient (Wildman–Crippen LogP) is 2.77. The highest BCUT2D eigenvalue weighted by Crippen LogP contribution is 2.23. The zero-order valence-electron chi connectivity index (χ0n) is 9.84. The largest absolute Gasteiger partial charge is 0.303 e. The third kappa shape index (κ3) is 3.72. The summed E-state index contributed by atoms with van der Waals surface area (Å²) >= 11 is 0. The molecular formula is C13H23N. The van der Waals surface area contributed by atoms with Crippen LogP contribution < -0.4 is 0 Å². The Hall–Kier alpha value is -0.480. The first-order chi connectivity index (χ1) is 6.74. The van der Waals surface area contributed by atoms with E-state index in [1.807, 2.05) is 0 Å². The second-order valence-corrected chi connectivity index (χ2v) is 4.57. The topological polar surface area (TPSA) is 3.24 Å². The molecule has 0 radical (unpaired) electrons. The lowest BCUT2D eigenvalue weighted by atomic mass is 9.88. The molecule has 1 aliphatic rings. The van der Waals surface area contributed by atoms with Crippen LogP contribution in [0.5, 0.6) is 0 Å². The molecule has 1 heteroatoms. The van der Waals surface area contributed by atoms with Gasteiger partial charge < -0.3 is 4.90 Å². The molecule has 14 heavy (non-hydrogen) atoms. The van der Waals surface area contributed by atoms with Crippen molar-refractivity contribution in [1.82, 2.24) is 4.90 Å².